The maximum Gasteiger partial charge on any atom is 0.262 e. The van der Waals surface area contributed by atoms with Gasteiger partial charge in [0, 0.05) is 11.5 Å². The Morgan fingerprint density at radius 3 is 2.19 bits per heavy atom. The molecule has 1 aromatic carbocycles. The van der Waals surface area contributed by atoms with Crippen molar-refractivity contribution in [2.75, 3.05) is 4.31 Å². The van der Waals surface area contributed by atoms with Gasteiger partial charge in [-0.1, -0.05) is 29.3 Å². The number of nitrogens with two attached hydrogens (primary N) is 1. The lowest BCUT2D eigenvalue weighted by Gasteiger charge is -2.59. The van der Waals surface area contributed by atoms with E-state index in [9.17, 15) is 18.4 Å². The van der Waals surface area contributed by atoms with Crippen LogP contribution >= 0.6 is 23.2 Å². The van der Waals surface area contributed by atoms with Crippen LogP contribution in [0.15, 0.2) is 18.2 Å². The normalized spacial score (nSPS) is 35.5. The van der Waals surface area contributed by atoms with Gasteiger partial charge in [-0.2, -0.15) is 0 Å². The Morgan fingerprint density at radius 1 is 1.13 bits per heavy atom. The van der Waals surface area contributed by atoms with Crippen LogP contribution < -0.4 is 15.4 Å². The molecule has 1 aromatic rings. The van der Waals surface area contributed by atoms with Gasteiger partial charge in [0.05, 0.1) is 15.7 Å². The summed E-state index contributed by atoms with van der Waals surface area (Å²) in [6, 6.07) is 4.76. The molecule has 3 unspecified atom stereocenters. The van der Waals surface area contributed by atoms with Crippen LogP contribution in [0.25, 0.3) is 0 Å². The number of halogens is 2. The molecule has 7 nitrogen and oxygen atoms in total. The van der Waals surface area contributed by atoms with Crippen molar-refractivity contribution in [3.8, 4) is 0 Å². The van der Waals surface area contributed by atoms with Crippen LogP contribution in [0.2, 0.25) is 10.0 Å². The Balaban J connectivity index is 1.41. The van der Waals surface area contributed by atoms with E-state index in [4.69, 9.17) is 28.9 Å². The lowest BCUT2D eigenvalue weighted by atomic mass is 9.47. The first-order valence-corrected chi connectivity index (χ1v) is 12.4. The van der Waals surface area contributed by atoms with Crippen molar-refractivity contribution in [1.82, 2.24) is 5.32 Å². The van der Waals surface area contributed by atoms with Gasteiger partial charge in [-0.15, -0.1) is 0 Å². The van der Waals surface area contributed by atoms with Crippen LogP contribution in [0.4, 0.5) is 5.69 Å². The molecule has 0 heterocycles. The van der Waals surface area contributed by atoms with Crippen molar-refractivity contribution in [3.63, 3.8) is 0 Å². The fourth-order valence-corrected chi connectivity index (χ4v) is 8.20. The fraction of sp³-hybridized carbons (Fsp3) is 0.619. The van der Waals surface area contributed by atoms with Crippen molar-refractivity contribution >= 4 is 52.0 Å². The Labute approximate surface area is 193 Å². The van der Waals surface area contributed by atoms with Gasteiger partial charge in [0.15, 0.2) is 0 Å². The Hall–Kier alpha value is -1.35. The first-order chi connectivity index (χ1) is 14.7. The van der Waals surface area contributed by atoms with Crippen molar-refractivity contribution in [2.24, 2.45) is 28.9 Å². The van der Waals surface area contributed by atoms with Gasteiger partial charge in [0.1, 0.15) is 5.54 Å². The topological polar surface area (TPSA) is 113 Å². The van der Waals surface area contributed by atoms with E-state index in [0.717, 1.165) is 23.6 Å². The highest BCUT2D eigenvalue weighted by molar-refractivity contribution is 7.80. The zero-order valence-electron chi connectivity index (χ0n) is 16.9. The highest BCUT2D eigenvalue weighted by Crippen LogP contribution is 2.60. The average molecular weight is 486 g/mol. The van der Waals surface area contributed by atoms with E-state index in [1.165, 1.54) is 0 Å². The predicted molar refractivity (Wildman–Crippen MR) is 119 cm³/mol. The van der Waals surface area contributed by atoms with Gasteiger partial charge in [-0.05, 0) is 74.8 Å². The summed E-state index contributed by atoms with van der Waals surface area (Å²) in [5, 5.41) is 3.63. The summed E-state index contributed by atoms with van der Waals surface area (Å²) in [6.45, 7) is 0. The number of para-hydroxylation sites is 1. The number of primary amides is 1. The van der Waals surface area contributed by atoms with E-state index in [2.05, 4.69) is 5.32 Å². The molecule has 3 atom stereocenters. The number of benzene rings is 1. The third-order valence-electron chi connectivity index (χ3n) is 7.93. The van der Waals surface area contributed by atoms with E-state index < -0.39 is 22.2 Å². The third kappa shape index (κ3) is 3.29. The molecule has 10 heteroatoms. The number of carbonyl (C=O) groups excluding carboxylic acids is 2. The number of hydrogen-bond donors (Lipinski definition) is 3. The molecule has 5 fully saturated rings. The second kappa shape index (κ2) is 7.33. The van der Waals surface area contributed by atoms with Crippen molar-refractivity contribution < 1.29 is 18.4 Å². The number of rotatable bonds is 6. The second-order valence-corrected chi connectivity index (χ2v) is 11.4. The summed E-state index contributed by atoms with van der Waals surface area (Å²) in [4.78, 5) is 25.7. The molecule has 5 aliphatic carbocycles. The molecule has 0 spiro atoms. The maximum absolute atomic E-state index is 13.5. The van der Waals surface area contributed by atoms with E-state index >= 15 is 0 Å². The van der Waals surface area contributed by atoms with Crippen LogP contribution in [0.1, 0.15) is 44.9 Å². The van der Waals surface area contributed by atoms with Gasteiger partial charge < -0.3 is 11.1 Å². The van der Waals surface area contributed by atoms with Crippen LogP contribution in [-0.4, -0.2) is 32.2 Å². The minimum absolute atomic E-state index is 0.0512. The number of nitrogens with zero attached hydrogens (tertiary/aromatic N) is 1. The standard InChI is InChI=1S/C21H25Cl2N3O4S/c22-14-2-1-3-15(23)17(14)26(31(29)30)21(4-5-21)19(28)25-16-12-6-11-7-13(16)10-20(8-11,9-12)18(24)27/h1-3,11-13,16H,4-10H2,(H2,24,27)(H,25,28)(H,29,30). The maximum atomic E-state index is 13.5. The molecule has 0 saturated heterocycles. The van der Waals surface area contributed by atoms with Crippen molar-refractivity contribution in [1.29, 1.82) is 0 Å². The first kappa shape index (κ1) is 21.5. The fourth-order valence-electron chi connectivity index (χ4n) is 6.61. The number of hydrogen-bond acceptors (Lipinski definition) is 3. The van der Waals surface area contributed by atoms with E-state index in [1.54, 1.807) is 18.2 Å². The molecule has 0 aromatic heterocycles. The van der Waals surface area contributed by atoms with E-state index in [-0.39, 0.29) is 45.4 Å². The highest BCUT2D eigenvalue weighted by atomic mass is 35.5. The molecule has 2 amide bonds. The average Bonchev–Trinajstić information content (AvgIpc) is 3.48. The molecule has 4 N–H and O–H groups in total. The molecular formula is C21H25Cl2N3O4S. The molecule has 5 aliphatic rings. The molecule has 0 aliphatic heterocycles. The summed E-state index contributed by atoms with van der Waals surface area (Å²) in [5.74, 6) is 0.393. The second-order valence-electron chi connectivity index (χ2n) is 9.74. The predicted octanol–water partition coefficient (Wildman–Crippen LogP) is 3.27. The molecule has 5 saturated carbocycles. The van der Waals surface area contributed by atoms with Crippen LogP contribution in [0.3, 0.4) is 0 Å². The van der Waals surface area contributed by atoms with E-state index in [1.807, 2.05) is 0 Å². The minimum atomic E-state index is -2.48. The Kier molecular flexibility index (Phi) is 5.08. The molecule has 31 heavy (non-hydrogen) atoms. The van der Waals surface area contributed by atoms with Gasteiger partial charge in [0.2, 0.25) is 11.8 Å². The lowest BCUT2D eigenvalue weighted by molar-refractivity contribution is -0.147. The van der Waals surface area contributed by atoms with Gasteiger partial charge in [-0.3, -0.25) is 18.4 Å². The number of carbonyl (C=O) groups is 2. The summed E-state index contributed by atoms with van der Waals surface area (Å²) in [5.41, 5.74) is 4.36. The SMILES string of the molecule is NC(=O)C12CC3CC(C1)C(NC(=O)C1(N(c4c(Cl)cccc4Cl)S(=O)O)CC1)C(C3)C2. The highest BCUT2D eigenvalue weighted by Gasteiger charge is 2.62. The third-order valence-corrected chi connectivity index (χ3v) is 9.38. The zero-order valence-corrected chi connectivity index (χ0v) is 19.2. The molecule has 0 radical (unpaired) electrons. The number of anilines is 1. The largest absolute Gasteiger partial charge is 0.369 e. The summed E-state index contributed by atoms with van der Waals surface area (Å²) >= 11 is 10.1. The summed E-state index contributed by atoms with van der Waals surface area (Å²) in [7, 11) is 0. The summed E-state index contributed by atoms with van der Waals surface area (Å²) in [6.07, 6.45) is 5.11. The molecule has 6 rings (SSSR count). The molecule has 168 valence electrons. The van der Waals surface area contributed by atoms with Gasteiger partial charge in [-0.25, -0.2) is 4.21 Å². The van der Waals surface area contributed by atoms with Crippen molar-refractivity contribution in [2.45, 2.75) is 56.5 Å². The molecule has 4 bridgehead atoms. The van der Waals surface area contributed by atoms with Gasteiger partial charge in [0.25, 0.3) is 11.3 Å². The first-order valence-electron chi connectivity index (χ1n) is 10.6. The van der Waals surface area contributed by atoms with E-state index in [0.29, 0.717) is 31.6 Å². The Morgan fingerprint density at radius 2 is 1.71 bits per heavy atom. The monoisotopic (exact) mass is 485 g/mol. The quantitative estimate of drug-likeness (QED) is 0.536. The number of amides is 2. The van der Waals surface area contributed by atoms with Crippen molar-refractivity contribution in [3.05, 3.63) is 28.2 Å². The zero-order chi connectivity index (χ0) is 22.1. The molecular weight excluding hydrogens is 461 g/mol. The number of nitrogens with one attached hydrogen (secondary N) is 1. The van der Waals surface area contributed by atoms with Crippen LogP contribution in [0, 0.1) is 23.2 Å². The van der Waals surface area contributed by atoms with Gasteiger partial charge >= 0.3 is 0 Å². The smallest absolute Gasteiger partial charge is 0.262 e. The van der Waals surface area contributed by atoms with Crippen LogP contribution in [-0.2, 0) is 20.9 Å². The summed E-state index contributed by atoms with van der Waals surface area (Å²) < 4.78 is 23.6. The van der Waals surface area contributed by atoms with Crippen LogP contribution in [0.5, 0.6) is 0 Å². The minimum Gasteiger partial charge on any atom is -0.369 e. The Bertz CT molecular complexity index is 949. The lowest BCUT2D eigenvalue weighted by Crippen LogP contribution is -2.64.